The molecule has 0 fully saturated rings. The molecule has 28 heavy (non-hydrogen) atoms. The standard InChI is InChI=1S/C23H25NO4/c1-15-9-10-18-16(2)19(23(26)28-21(18)13-15)11-12-22(25)24(3)14-17-7-5-6-8-20(17)27-4/h5-10,13H,11-12,14H2,1-4H3. The van der Waals surface area contributed by atoms with Crippen molar-refractivity contribution < 1.29 is 13.9 Å². The number of benzene rings is 2. The van der Waals surface area contributed by atoms with E-state index in [1.165, 1.54) is 0 Å². The first-order valence-electron chi connectivity index (χ1n) is 9.29. The van der Waals surface area contributed by atoms with E-state index in [0.717, 1.165) is 27.8 Å². The van der Waals surface area contributed by atoms with Gasteiger partial charge in [0.2, 0.25) is 5.91 Å². The Hall–Kier alpha value is -3.08. The third-order valence-corrected chi connectivity index (χ3v) is 5.06. The first kappa shape index (κ1) is 19.7. The molecule has 0 saturated heterocycles. The number of rotatable bonds is 6. The highest BCUT2D eigenvalue weighted by Crippen LogP contribution is 2.22. The number of carbonyl (C=O) groups excluding carboxylic acids is 1. The van der Waals surface area contributed by atoms with E-state index >= 15 is 0 Å². The fourth-order valence-corrected chi connectivity index (χ4v) is 3.39. The van der Waals surface area contributed by atoms with Crippen molar-refractivity contribution in [2.75, 3.05) is 14.2 Å². The molecule has 5 heteroatoms. The molecule has 0 aliphatic carbocycles. The molecule has 0 saturated carbocycles. The van der Waals surface area contributed by atoms with E-state index in [2.05, 4.69) is 0 Å². The van der Waals surface area contributed by atoms with Gasteiger partial charge in [-0.3, -0.25) is 4.79 Å². The number of nitrogens with zero attached hydrogens (tertiary/aromatic N) is 1. The van der Waals surface area contributed by atoms with Crippen LogP contribution in [0.4, 0.5) is 0 Å². The summed E-state index contributed by atoms with van der Waals surface area (Å²) in [5, 5.41) is 0.912. The average Bonchev–Trinajstić information content (AvgIpc) is 2.67. The second kappa shape index (κ2) is 8.30. The van der Waals surface area contributed by atoms with Gasteiger partial charge in [-0.25, -0.2) is 4.79 Å². The van der Waals surface area contributed by atoms with Gasteiger partial charge in [-0.2, -0.15) is 0 Å². The predicted molar refractivity (Wildman–Crippen MR) is 110 cm³/mol. The van der Waals surface area contributed by atoms with Gasteiger partial charge in [0.1, 0.15) is 11.3 Å². The zero-order valence-corrected chi connectivity index (χ0v) is 16.7. The van der Waals surface area contributed by atoms with Crippen LogP contribution < -0.4 is 10.4 Å². The Morgan fingerprint density at radius 1 is 1.14 bits per heavy atom. The SMILES string of the molecule is COc1ccccc1CN(C)C(=O)CCc1c(C)c2ccc(C)cc2oc1=O. The number of carbonyl (C=O) groups is 1. The molecular weight excluding hydrogens is 354 g/mol. The molecule has 5 nitrogen and oxygen atoms in total. The summed E-state index contributed by atoms with van der Waals surface area (Å²) in [7, 11) is 3.37. The highest BCUT2D eigenvalue weighted by Gasteiger charge is 2.16. The second-order valence-electron chi connectivity index (χ2n) is 7.05. The van der Waals surface area contributed by atoms with Crippen LogP contribution in [-0.4, -0.2) is 25.0 Å². The van der Waals surface area contributed by atoms with Crippen molar-refractivity contribution in [3.8, 4) is 5.75 Å². The number of aryl methyl sites for hydroxylation is 2. The molecular formula is C23H25NO4. The van der Waals surface area contributed by atoms with Gasteiger partial charge in [-0.15, -0.1) is 0 Å². The van der Waals surface area contributed by atoms with Crippen LogP contribution in [0.3, 0.4) is 0 Å². The first-order chi connectivity index (χ1) is 13.4. The maximum Gasteiger partial charge on any atom is 0.339 e. The normalized spacial score (nSPS) is 10.9. The molecule has 0 spiro atoms. The quantitative estimate of drug-likeness (QED) is 0.607. The summed E-state index contributed by atoms with van der Waals surface area (Å²) in [6.07, 6.45) is 0.599. The van der Waals surface area contributed by atoms with Crippen molar-refractivity contribution in [1.82, 2.24) is 4.90 Å². The van der Waals surface area contributed by atoms with Gasteiger partial charge >= 0.3 is 5.63 Å². The summed E-state index contributed by atoms with van der Waals surface area (Å²) in [5.41, 5.74) is 3.65. The fourth-order valence-electron chi connectivity index (χ4n) is 3.39. The van der Waals surface area contributed by atoms with Gasteiger partial charge in [0.15, 0.2) is 0 Å². The molecule has 1 aromatic heterocycles. The van der Waals surface area contributed by atoms with Crippen LogP contribution in [0.5, 0.6) is 5.75 Å². The Morgan fingerprint density at radius 2 is 1.89 bits per heavy atom. The lowest BCUT2D eigenvalue weighted by molar-refractivity contribution is -0.130. The van der Waals surface area contributed by atoms with Crippen LogP contribution in [0.25, 0.3) is 11.0 Å². The lowest BCUT2D eigenvalue weighted by Gasteiger charge is -2.19. The topological polar surface area (TPSA) is 59.8 Å². The van der Waals surface area contributed by atoms with Crippen LogP contribution >= 0.6 is 0 Å². The summed E-state index contributed by atoms with van der Waals surface area (Å²) >= 11 is 0. The largest absolute Gasteiger partial charge is 0.496 e. The van der Waals surface area contributed by atoms with Crippen molar-refractivity contribution in [2.24, 2.45) is 0 Å². The lowest BCUT2D eigenvalue weighted by atomic mass is 10.0. The van der Waals surface area contributed by atoms with Crippen molar-refractivity contribution in [3.63, 3.8) is 0 Å². The molecule has 0 unspecified atom stereocenters. The van der Waals surface area contributed by atoms with Crippen LogP contribution in [0.15, 0.2) is 51.7 Å². The van der Waals surface area contributed by atoms with E-state index in [1.807, 2.05) is 56.3 Å². The van der Waals surface area contributed by atoms with Crippen LogP contribution in [0, 0.1) is 13.8 Å². The number of hydrogen-bond donors (Lipinski definition) is 0. The maximum atomic E-state index is 12.6. The van der Waals surface area contributed by atoms with E-state index in [-0.39, 0.29) is 18.0 Å². The number of amides is 1. The van der Waals surface area contributed by atoms with Crippen molar-refractivity contribution in [1.29, 1.82) is 0 Å². The van der Waals surface area contributed by atoms with E-state index in [4.69, 9.17) is 9.15 Å². The van der Waals surface area contributed by atoms with Gasteiger partial charge in [0.25, 0.3) is 0 Å². The Kier molecular flexibility index (Phi) is 5.83. The van der Waals surface area contributed by atoms with Gasteiger partial charge in [-0.1, -0.05) is 30.3 Å². The number of ether oxygens (including phenoxy) is 1. The predicted octanol–water partition coefficient (Wildman–Crippen LogP) is 4.01. The van der Waals surface area contributed by atoms with Crippen LogP contribution in [0.1, 0.15) is 28.7 Å². The Labute approximate surface area is 164 Å². The van der Waals surface area contributed by atoms with E-state index in [0.29, 0.717) is 24.1 Å². The zero-order valence-electron chi connectivity index (χ0n) is 16.7. The monoisotopic (exact) mass is 379 g/mol. The van der Waals surface area contributed by atoms with E-state index < -0.39 is 0 Å². The summed E-state index contributed by atoms with van der Waals surface area (Å²) in [6, 6.07) is 13.4. The Bertz CT molecular complexity index is 1070. The molecule has 3 aromatic rings. The molecule has 0 bridgehead atoms. The molecule has 146 valence electrons. The molecule has 1 amide bonds. The average molecular weight is 379 g/mol. The summed E-state index contributed by atoms with van der Waals surface area (Å²) in [5.74, 6) is 0.720. The number of methoxy groups -OCH3 is 1. The summed E-state index contributed by atoms with van der Waals surface area (Å²) in [6.45, 7) is 4.32. The van der Waals surface area contributed by atoms with Gasteiger partial charge in [0, 0.05) is 36.5 Å². The smallest absolute Gasteiger partial charge is 0.339 e. The van der Waals surface area contributed by atoms with Crippen molar-refractivity contribution >= 4 is 16.9 Å². The molecule has 2 aromatic carbocycles. The minimum absolute atomic E-state index is 0.0336. The second-order valence-corrected chi connectivity index (χ2v) is 7.05. The molecule has 3 rings (SSSR count). The molecule has 0 aliphatic heterocycles. The molecule has 0 aliphatic rings. The highest BCUT2D eigenvalue weighted by molar-refractivity contribution is 5.82. The first-order valence-corrected chi connectivity index (χ1v) is 9.29. The van der Waals surface area contributed by atoms with Crippen LogP contribution in [0.2, 0.25) is 0 Å². The third kappa shape index (κ3) is 4.09. The van der Waals surface area contributed by atoms with E-state index in [9.17, 15) is 9.59 Å². The summed E-state index contributed by atoms with van der Waals surface area (Å²) < 4.78 is 10.8. The third-order valence-electron chi connectivity index (χ3n) is 5.06. The fraction of sp³-hybridized carbons (Fsp3) is 0.304. The minimum Gasteiger partial charge on any atom is -0.496 e. The number of para-hydroxylation sites is 1. The molecule has 1 heterocycles. The molecule has 0 atom stereocenters. The van der Waals surface area contributed by atoms with Gasteiger partial charge in [0.05, 0.1) is 7.11 Å². The number of fused-ring (bicyclic) bond motifs is 1. The molecule has 0 N–H and O–H groups in total. The van der Waals surface area contributed by atoms with E-state index in [1.54, 1.807) is 19.1 Å². The minimum atomic E-state index is -0.365. The highest BCUT2D eigenvalue weighted by atomic mass is 16.5. The molecule has 0 radical (unpaired) electrons. The maximum absolute atomic E-state index is 12.6. The van der Waals surface area contributed by atoms with Crippen LogP contribution in [-0.2, 0) is 17.8 Å². The lowest BCUT2D eigenvalue weighted by Crippen LogP contribution is -2.27. The summed E-state index contributed by atoms with van der Waals surface area (Å²) in [4.78, 5) is 26.7. The van der Waals surface area contributed by atoms with Crippen molar-refractivity contribution in [3.05, 3.63) is 75.1 Å². The van der Waals surface area contributed by atoms with Gasteiger partial charge in [-0.05, 0) is 43.5 Å². The Balaban J connectivity index is 1.74. The van der Waals surface area contributed by atoms with Gasteiger partial charge < -0.3 is 14.1 Å². The number of hydrogen-bond acceptors (Lipinski definition) is 4. The Morgan fingerprint density at radius 3 is 2.64 bits per heavy atom. The zero-order chi connectivity index (χ0) is 20.3. The van der Waals surface area contributed by atoms with Crippen molar-refractivity contribution in [2.45, 2.75) is 33.2 Å².